The standard InChI is InChI=1S/C20H38N2O3/c1-16(21-11-7-13-24-15-17-9-10-17)14-18-8-5-6-12-22(18)19(23)25-20(2,3)4/h16-18,21H,5-15H2,1-4H3. The van der Waals surface area contributed by atoms with E-state index in [4.69, 9.17) is 9.47 Å². The van der Waals surface area contributed by atoms with E-state index in [1.54, 1.807) is 0 Å². The third-order valence-corrected chi connectivity index (χ3v) is 4.89. The van der Waals surface area contributed by atoms with Crippen molar-refractivity contribution in [2.45, 2.75) is 90.3 Å². The van der Waals surface area contributed by atoms with E-state index in [-0.39, 0.29) is 12.1 Å². The summed E-state index contributed by atoms with van der Waals surface area (Å²) < 4.78 is 11.3. The van der Waals surface area contributed by atoms with Gasteiger partial charge in [0.25, 0.3) is 0 Å². The van der Waals surface area contributed by atoms with Crippen LogP contribution in [0.2, 0.25) is 0 Å². The molecule has 2 atom stereocenters. The molecule has 1 aliphatic carbocycles. The molecule has 0 aromatic rings. The predicted molar refractivity (Wildman–Crippen MR) is 101 cm³/mol. The van der Waals surface area contributed by atoms with E-state index < -0.39 is 5.60 Å². The lowest BCUT2D eigenvalue weighted by molar-refractivity contribution is 0.00789. The van der Waals surface area contributed by atoms with Crippen molar-refractivity contribution < 1.29 is 14.3 Å². The van der Waals surface area contributed by atoms with Crippen LogP contribution in [0.3, 0.4) is 0 Å². The zero-order valence-electron chi connectivity index (χ0n) is 16.7. The number of hydrogen-bond acceptors (Lipinski definition) is 4. The lowest BCUT2D eigenvalue weighted by Gasteiger charge is -2.38. The van der Waals surface area contributed by atoms with Crippen LogP contribution in [0, 0.1) is 5.92 Å². The van der Waals surface area contributed by atoms with Crippen molar-refractivity contribution in [3.63, 3.8) is 0 Å². The Labute approximate surface area is 153 Å². The molecule has 1 N–H and O–H groups in total. The molecule has 1 saturated heterocycles. The minimum absolute atomic E-state index is 0.155. The second kappa shape index (κ2) is 9.77. The lowest BCUT2D eigenvalue weighted by Crippen LogP contribution is -2.48. The zero-order valence-corrected chi connectivity index (χ0v) is 16.7. The molecule has 5 heteroatoms. The maximum Gasteiger partial charge on any atom is 0.410 e. The summed E-state index contributed by atoms with van der Waals surface area (Å²) in [7, 11) is 0. The van der Waals surface area contributed by atoms with Gasteiger partial charge in [0.1, 0.15) is 5.60 Å². The Bertz CT molecular complexity index is 404. The molecule has 2 unspecified atom stereocenters. The molecule has 5 nitrogen and oxygen atoms in total. The molecule has 0 spiro atoms. The van der Waals surface area contributed by atoms with Gasteiger partial charge in [-0.3, -0.25) is 0 Å². The van der Waals surface area contributed by atoms with Crippen LogP contribution < -0.4 is 5.32 Å². The molecule has 1 amide bonds. The minimum atomic E-state index is -0.427. The first-order chi connectivity index (χ1) is 11.8. The Morgan fingerprint density at radius 2 is 2.00 bits per heavy atom. The topological polar surface area (TPSA) is 50.8 Å². The fourth-order valence-corrected chi connectivity index (χ4v) is 3.36. The van der Waals surface area contributed by atoms with Crippen molar-refractivity contribution in [2.75, 3.05) is 26.3 Å². The van der Waals surface area contributed by atoms with E-state index in [0.29, 0.717) is 6.04 Å². The summed E-state index contributed by atoms with van der Waals surface area (Å²) in [5.74, 6) is 0.844. The Kier molecular flexibility index (Phi) is 8.01. The van der Waals surface area contributed by atoms with Crippen LogP contribution in [0.4, 0.5) is 4.79 Å². The fourth-order valence-electron chi connectivity index (χ4n) is 3.36. The van der Waals surface area contributed by atoms with Crippen LogP contribution in [0.15, 0.2) is 0 Å². The summed E-state index contributed by atoms with van der Waals surface area (Å²) in [5.41, 5.74) is -0.427. The first kappa shape index (κ1) is 20.5. The Balaban J connectivity index is 1.65. The molecule has 1 saturated carbocycles. The number of amides is 1. The molecular formula is C20H38N2O3. The van der Waals surface area contributed by atoms with Crippen LogP contribution in [-0.2, 0) is 9.47 Å². The normalized spacial score (nSPS) is 22.7. The minimum Gasteiger partial charge on any atom is -0.444 e. The summed E-state index contributed by atoms with van der Waals surface area (Å²) in [5, 5.41) is 3.58. The fraction of sp³-hybridized carbons (Fsp3) is 0.950. The van der Waals surface area contributed by atoms with Crippen molar-refractivity contribution >= 4 is 6.09 Å². The number of carbonyl (C=O) groups excluding carboxylic acids is 1. The molecule has 2 fully saturated rings. The molecule has 0 radical (unpaired) electrons. The maximum absolute atomic E-state index is 12.5. The van der Waals surface area contributed by atoms with E-state index in [9.17, 15) is 4.79 Å². The number of likely N-dealkylation sites (tertiary alicyclic amines) is 1. The van der Waals surface area contributed by atoms with Gasteiger partial charge in [-0.1, -0.05) is 0 Å². The summed E-state index contributed by atoms with van der Waals surface area (Å²) in [6, 6.07) is 0.689. The smallest absolute Gasteiger partial charge is 0.410 e. The highest BCUT2D eigenvalue weighted by atomic mass is 16.6. The second-order valence-corrected chi connectivity index (χ2v) is 8.79. The summed E-state index contributed by atoms with van der Waals surface area (Å²) >= 11 is 0. The monoisotopic (exact) mass is 354 g/mol. The molecule has 0 bridgehead atoms. The van der Waals surface area contributed by atoms with Crippen LogP contribution in [0.5, 0.6) is 0 Å². The predicted octanol–water partition coefficient (Wildman–Crippen LogP) is 3.96. The van der Waals surface area contributed by atoms with E-state index in [0.717, 1.165) is 57.9 Å². The summed E-state index contributed by atoms with van der Waals surface area (Å²) in [6.07, 6.45) is 7.95. The Morgan fingerprint density at radius 1 is 1.24 bits per heavy atom. The highest BCUT2D eigenvalue weighted by Crippen LogP contribution is 2.28. The van der Waals surface area contributed by atoms with Crippen LogP contribution in [-0.4, -0.2) is 55.0 Å². The molecule has 1 heterocycles. The molecular weight excluding hydrogens is 316 g/mol. The number of nitrogens with one attached hydrogen (secondary N) is 1. The molecule has 0 aromatic carbocycles. The van der Waals surface area contributed by atoms with Crippen LogP contribution >= 0.6 is 0 Å². The van der Waals surface area contributed by atoms with Crippen molar-refractivity contribution in [1.29, 1.82) is 0 Å². The highest BCUT2D eigenvalue weighted by Gasteiger charge is 2.31. The van der Waals surface area contributed by atoms with Gasteiger partial charge in [-0.15, -0.1) is 0 Å². The van der Waals surface area contributed by atoms with Crippen LogP contribution in [0.1, 0.15) is 72.6 Å². The molecule has 1 aliphatic heterocycles. The maximum atomic E-state index is 12.5. The zero-order chi connectivity index (χ0) is 18.3. The van der Waals surface area contributed by atoms with Crippen LogP contribution in [0.25, 0.3) is 0 Å². The van der Waals surface area contributed by atoms with Gasteiger partial charge in [0.2, 0.25) is 0 Å². The number of hydrogen-bond donors (Lipinski definition) is 1. The second-order valence-electron chi connectivity index (χ2n) is 8.79. The summed E-state index contributed by atoms with van der Waals surface area (Å²) in [4.78, 5) is 14.4. The number of rotatable bonds is 9. The number of carbonyl (C=O) groups is 1. The van der Waals surface area contributed by atoms with Gasteiger partial charge >= 0.3 is 6.09 Å². The van der Waals surface area contributed by atoms with Gasteiger partial charge in [-0.25, -0.2) is 4.79 Å². The average molecular weight is 355 g/mol. The Hall–Kier alpha value is -0.810. The third-order valence-electron chi connectivity index (χ3n) is 4.89. The molecule has 25 heavy (non-hydrogen) atoms. The summed E-state index contributed by atoms with van der Waals surface area (Å²) in [6.45, 7) is 11.6. The quantitative estimate of drug-likeness (QED) is 0.637. The first-order valence-corrected chi connectivity index (χ1v) is 10.2. The molecule has 0 aromatic heterocycles. The van der Waals surface area contributed by atoms with Gasteiger partial charge in [-0.2, -0.15) is 0 Å². The van der Waals surface area contributed by atoms with Gasteiger partial charge in [-0.05, 0) is 85.1 Å². The Morgan fingerprint density at radius 3 is 2.68 bits per heavy atom. The first-order valence-electron chi connectivity index (χ1n) is 10.2. The van der Waals surface area contributed by atoms with Crippen molar-refractivity contribution in [2.24, 2.45) is 5.92 Å². The van der Waals surface area contributed by atoms with E-state index in [1.807, 2.05) is 25.7 Å². The van der Waals surface area contributed by atoms with E-state index in [2.05, 4.69) is 12.2 Å². The van der Waals surface area contributed by atoms with E-state index in [1.165, 1.54) is 19.3 Å². The number of ether oxygens (including phenoxy) is 2. The van der Waals surface area contributed by atoms with Gasteiger partial charge in [0.15, 0.2) is 0 Å². The number of nitrogens with zero attached hydrogens (tertiary/aromatic N) is 1. The molecule has 2 aliphatic rings. The van der Waals surface area contributed by atoms with Gasteiger partial charge < -0.3 is 19.7 Å². The van der Waals surface area contributed by atoms with Crippen molar-refractivity contribution in [3.05, 3.63) is 0 Å². The third kappa shape index (κ3) is 8.41. The SMILES string of the molecule is CC(CC1CCCCN1C(=O)OC(C)(C)C)NCCCOCC1CC1. The molecule has 146 valence electrons. The lowest BCUT2D eigenvalue weighted by atomic mass is 9.96. The van der Waals surface area contributed by atoms with Gasteiger partial charge in [0, 0.05) is 31.8 Å². The van der Waals surface area contributed by atoms with Crippen molar-refractivity contribution in [3.8, 4) is 0 Å². The largest absolute Gasteiger partial charge is 0.444 e. The van der Waals surface area contributed by atoms with Crippen molar-refractivity contribution in [1.82, 2.24) is 10.2 Å². The molecule has 2 rings (SSSR count). The average Bonchev–Trinajstić information content (AvgIpc) is 3.33. The van der Waals surface area contributed by atoms with E-state index >= 15 is 0 Å². The highest BCUT2D eigenvalue weighted by molar-refractivity contribution is 5.68. The number of piperidine rings is 1. The van der Waals surface area contributed by atoms with Gasteiger partial charge in [0.05, 0.1) is 0 Å².